The molecular formula is C35H40N4O5S2. The van der Waals surface area contributed by atoms with Crippen molar-refractivity contribution >= 4 is 56.1 Å². The summed E-state index contributed by atoms with van der Waals surface area (Å²) < 4.78 is 5.17. The summed E-state index contributed by atoms with van der Waals surface area (Å²) in [7, 11) is 1.29. The van der Waals surface area contributed by atoms with E-state index in [0.717, 1.165) is 62.8 Å². The average Bonchev–Trinajstić information content (AvgIpc) is 3.72. The van der Waals surface area contributed by atoms with Gasteiger partial charge in [0.15, 0.2) is 0 Å². The van der Waals surface area contributed by atoms with Gasteiger partial charge in [-0.2, -0.15) is 27.0 Å². The number of ether oxygens (including phenoxy) is 1. The number of nitrogens with one attached hydrogen (secondary N) is 1. The van der Waals surface area contributed by atoms with E-state index in [1.165, 1.54) is 7.11 Å². The number of esters is 1. The molecule has 0 saturated carbocycles. The fraction of sp³-hybridized carbons (Fsp3) is 0.343. The Hall–Kier alpha value is -4.09. The van der Waals surface area contributed by atoms with Crippen LogP contribution in [-0.4, -0.2) is 46.4 Å². The van der Waals surface area contributed by atoms with Crippen LogP contribution in [0.4, 0.5) is 0 Å². The Balaban J connectivity index is 0.00000240. The number of hydrogen-bond donors (Lipinski definition) is 3. The van der Waals surface area contributed by atoms with E-state index in [0.29, 0.717) is 34.7 Å². The normalized spacial score (nSPS) is 24.5. The summed E-state index contributed by atoms with van der Waals surface area (Å²) in [4.78, 5) is 40.0. The molecule has 5 heterocycles. The molecule has 6 rings (SSSR count). The molecule has 2 unspecified atom stereocenters. The first-order chi connectivity index (χ1) is 21.0. The number of carboxylic acid groups (broad SMARTS) is 1. The van der Waals surface area contributed by atoms with E-state index in [1.807, 2.05) is 45.1 Å². The van der Waals surface area contributed by atoms with Crippen molar-refractivity contribution in [3.05, 3.63) is 104 Å². The molecule has 0 radical (unpaired) electrons. The molecule has 8 bridgehead atoms. The zero-order valence-corrected chi connectivity index (χ0v) is 28.8. The van der Waals surface area contributed by atoms with Crippen molar-refractivity contribution < 1.29 is 24.5 Å². The maximum atomic E-state index is 13.2. The van der Waals surface area contributed by atoms with Crippen molar-refractivity contribution in [2.24, 2.45) is 32.7 Å². The SMILES string of the molecule is C=CC1=C(C)C2=NC1=CC1=NC(=CC3=C(C)C4=C(O)C(C(=O)OC)C(=C5NC(=C2)C(C)[C@@H]5CCC(=O)O)C4=N3)C(CC)=C1C.S.S. The highest BCUT2D eigenvalue weighted by atomic mass is 32.1. The second-order valence-electron chi connectivity index (χ2n) is 11.8. The molecular weight excluding hydrogens is 621 g/mol. The predicted octanol–water partition coefficient (Wildman–Crippen LogP) is 6.33. The number of nitrogens with zero attached hydrogens (tertiary/aromatic N) is 3. The van der Waals surface area contributed by atoms with Gasteiger partial charge < -0.3 is 20.3 Å². The number of fused-ring (bicyclic) bond motifs is 5. The van der Waals surface area contributed by atoms with E-state index in [2.05, 4.69) is 25.7 Å². The minimum atomic E-state index is -1.09. The van der Waals surface area contributed by atoms with Crippen LogP contribution in [0.25, 0.3) is 0 Å². The monoisotopic (exact) mass is 660 g/mol. The summed E-state index contributed by atoms with van der Waals surface area (Å²) in [5.74, 6) is -3.14. The summed E-state index contributed by atoms with van der Waals surface area (Å²) in [6.45, 7) is 14.1. The van der Waals surface area contributed by atoms with Gasteiger partial charge in [-0.3, -0.25) is 9.59 Å². The van der Waals surface area contributed by atoms with Gasteiger partial charge in [-0.05, 0) is 74.1 Å². The summed E-state index contributed by atoms with van der Waals surface area (Å²) >= 11 is 0. The molecule has 9 nitrogen and oxygen atoms in total. The number of aliphatic hydroxyl groups excluding tert-OH is 1. The first kappa shape index (κ1) is 34.8. The van der Waals surface area contributed by atoms with Crippen molar-refractivity contribution in [1.29, 1.82) is 0 Å². The second-order valence-corrected chi connectivity index (χ2v) is 11.8. The van der Waals surface area contributed by atoms with E-state index >= 15 is 0 Å². The molecule has 1 saturated heterocycles. The van der Waals surface area contributed by atoms with Gasteiger partial charge in [-0.1, -0.05) is 26.5 Å². The lowest BCUT2D eigenvalue weighted by molar-refractivity contribution is -0.143. The molecule has 11 heteroatoms. The van der Waals surface area contributed by atoms with Gasteiger partial charge >= 0.3 is 11.9 Å². The van der Waals surface area contributed by atoms with Crippen molar-refractivity contribution in [2.75, 3.05) is 7.11 Å². The molecule has 0 amide bonds. The number of carbonyl (C=O) groups excluding carboxylic acids is 1. The Morgan fingerprint density at radius 2 is 1.70 bits per heavy atom. The molecule has 1 fully saturated rings. The van der Waals surface area contributed by atoms with Gasteiger partial charge in [0.2, 0.25) is 0 Å². The molecule has 3 N–H and O–H groups in total. The quantitative estimate of drug-likeness (QED) is 0.285. The van der Waals surface area contributed by atoms with Gasteiger partial charge in [0.05, 0.1) is 41.3 Å². The Bertz CT molecular complexity index is 1830. The smallest absolute Gasteiger partial charge is 0.321 e. The fourth-order valence-corrected chi connectivity index (χ4v) is 7.05. The van der Waals surface area contributed by atoms with Crippen molar-refractivity contribution in [1.82, 2.24) is 5.32 Å². The first-order valence-electron chi connectivity index (χ1n) is 14.9. The summed E-state index contributed by atoms with van der Waals surface area (Å²) in [6, 6.07) is 0. The van der Waals surface area contributed by atoms with Crippen molar-refractivity contribution in [2.45, 2.75) is 53.9 Å². The van der Waals surface area contributed by atoms with Crippen LogP contribution in [0.1, 0.15) is 53.9 Å². The number of aliphatic carboxylic acids is 1. The number of aliphatic imine (C=N–C) groups is 3. The maximum absolute atomic E-state index is 13.2. The van der Waals surface area contributed by atoms with Crippen LogP contribution >= 0.6 is 27.0 Å². The molecule has 46 heavy (non-hydrogen) atoms. The molecule has 242 valence electrons. The van der Waals surface area contributed by atoms with Crippen LogP contribution in [0, 0.1) is 17.8 Å². The third kappa shape index (κ3) is 5.29. The van der Waals surface area contributed by atoms with Gasteiger partial charge in [-0.15, -0.1) is 0 Å². The van der Waals surface area contributed by atoms with Crippen LogP contribution in [0.3, 0.4) is 0 Å². The van der Waals surface area contributed by atoms with E-state index in [9.17, 15) is 19.8 Å². The van der Waals surface area contributed by atoms with Crippen LogP contribution in [0.15, 0.2) is 119 Å². The molecule has 0 aromatic rings. The summed E-state index contributed by atoms with van der Waals surface area (Å²) in [5, 5.41) is 24.7. The minimum absolute atomic E-state index is 0. The number of hydrogen-bond acceptors (Lipinski definition) is 8. The summed E-state index contributed by atoms with van der Waals surface area (Å²) in [6.07, 6.45) is 8.76. The van der Waals surface area contributed by atoms with Gasteiger partial charge in [0, 0.05) is 46.4 Å². The third-order valence-corrected chi connectivity index (χ3v) is 9.53. The van der Waals surface area contributed by atoms with Gasteiger partial charge in [-0.25, -0.2) is 15.0 Å². The topological polar surface area (TPSA) is 133 Å². The lowest BCUT2D eigenvalue weighted by Gasteiger charge is -2.20. The zero-order chi connectivity index (χ0) is 31.6. The van der Waals surface area contributed by atoms with Crippen molar-refractivity contribution in [3.8, 4) is 0 Å². The van der Waals surface area contributed by atoms with E-state index < -0.39 is 17.9 Å². The van der Waals surface area contributed by atoms with Crippen LogP contribution in [0.2, 0.25) is 0 Å². The molecule has 0 aromatic heterocycles. The Morgan fingerprint density at radius 3 is 2.33 bits per heavy atom. The van der Waals surface area contributed by atoms with Crippen LogP contribution in [0.5, 0.6) is 0 Å². The Kier molecular flexibility index (Phi) is 9.80. The lowest BCUT2D eigenvalue weighted by Crippen LogP contribution is -2.25. The average molecular weight is 661 g/mol. The van der Waals surface area contributed by atoms with Crippen molar-refractivity contribution in [3.63, 3.8) is 0 Å². The van der Waals surface area contributed by atoms with Gasteiger partial charge in [0.25, 0.3) is 0 Å². The third-order valence-electron chi connectivity index (χ3n) is 9.53. The molecule has 1 aliphatic carbocycles. The molecule has 5 aliphatic heterocycles. The number of methoxy groups -OCH3 is 1. The lowest BCUT2D eigenvalue weighted by atomic mass is 9.84. The second kappa shape index (κ2) is 13.0. The number of allylic oxidation sites excluding steroid dienone is 11. The highest BCUT2D eigenvalue weighted by molar-refractivity contribution is 7.59. The fourth-order valence-electron chi connectivity index (χ4n) is 7.05. The zero-order valence-electron chi connectivity index (χ0n) is 26.8. The number of carboxylic acids is 1. The number of aliphatic hydroxyl groups is 1. The highest BCUT2D eigenvalue weighted by Crippen LogP contribution is 2.49. The summed E-state index contributed by atoms with van der Waals surface area (Å²) in [5.41, 5.74) is 11.6. The van der Waals surface area contributed by atoms with E-state index in [-0.39, 0.29) is 51.0 Å². The largest absolute Gasteiger partial charge is 0.510 e. The predicted molar refractivity (Wildman–Crippen MR) is 191 cm³/mol. The Labute approximate surface area is 283 Å². The molecule has 3 atom stereocenters. The number of carbonyl (C=O) groups is 2. The standard InChI is InChI=1S/C35H36N4O5.2H2S/c1-8-19-15(3)22-12-24-17(5)21(10-11-28(40)41)32(38-24)30-31(35(43)44-7)34(42)29-18(6)25(39-33(29)30)14-27-20(9-2)16(4)23(37-27)13-26(19)36-22;;/h8,12-14,17,21,31,38,42H,1,9-11H2,2-7H3,(H,40,41);2*1H2/t17?,21-,31?;;/m0../s1. The van der Waals surface area contributed by atoms with Gasteiger partial charge in [0.1, 0.15) is 11.7 Å². The Morgan fingerprint density at radius 1 is 1.02 bits per heavy atom. The van der Waals surface area contributed by atoms with E-state index in [1.54, 1.807) is 0 Å². The highest BCUT2D eigenvalue weighted by Gasteiger charge is 2.49. The van der Waals surface area contributed by atoms with Crippen LogP contribution < -0.4 is 5.32 Å². The minimum Gasteiger partial charge on any atom is -0.510 e. The number of rotatable bonds is 6. The molecule has 0 spiro atoms. The van der Waals surface area contributed by atoms with E-state index in [4.69, 9.17) is 19.7 Å². The van der Waals surface area contributed by atoms with Crippen LogP contribution in [-0.2, 0) is 14.3 Å². The maximum Gasteiger partial charge on any atom is 0.321 e. The molecule has 6 aliphatic rings. The first-order valence-corrected chi connectivity index (χ1v) is 14.9. The molecule has 0 aromatic carbocycles.